The number of rotatable bonds is 4. The average Bonchev–Trinajstić information content (AvgIpc) is 2.75. The van der Waals surface area contributed by atoms with Crippen LogP contribution in [0.5, 0.6) is 0 Å². The zero-order chi connectivity index (χ0) is 13.1. The molecule has 0 bridgehead atoms. The lowest BCUT2D eigenvalue weighted by molar-refractivity contribution is 0.449. The van der Waals surface area contributed by atoms with E-state index in [-0.39, 0.29) is 5.69 Å². The van der Waals surface area contributed by atoms with E-state index in [9.17, 15) is 13.2 Å². The molecule has 0 unspecified atom stereocenters. The third kappa shape index (κ3) is 2.64. The molecule has 1 aromatic carbocycles. The smallest absolute Gasteiger partial charge is 0.196 e. The van der Waals surface area contributed by atoms with Crippen molar-refractivity contribution in [1.29, 1.82) is 0 Å². The van der Waals surface area contributed by atoms with E-state index in [4.69, 9.17) is 0 Å². The van der Waals surface area contributed by atoms with Crippen LogP contribution in [0.4, 0.5) is 18.9 Å². The zero-order valence-electron chi connectivity index (χ0n) is 9.64. The van der Waals surface area contributed by atoms with Crippen LogP contribution >= 0.6 is 11.3 Å². The molecular formula is C12H11F3N2S. The molecule has 0 saturated heterocycles. The summed E-state index contributed by atoms with van der Waals surface area (Å²) in [5.41, 5.74) is 2.65. The highest BCUT2D eigenvalue weighted by Gasteiger charge is 2.12. The minimum atomic E-state index is -1.45. The van der Waals surface area contributed by atoms with Gasteiger partial charge >= 0.3 is 0 Å². The molecule has 0 aliphatic carbocycles. The Hall–Kier alpha value is -1.56. The van der Waals surface area contributed by atoms with E-state index in [2.05, 4.69) is 10.3 Å². The van der Waals surface area contributed by atoms with Crippen molar-refractivity contribution in [1.82, 2.24) is 4.98 Å². The predicted molar refractivity (Wildman–Crippen MR) is 65.4 cm³/mol. The first kappa shape index (κ1) is 12.9. The summed E-state index contributed by atoms with van der Waals surface area (Å²) in [5, 5.41) is 2.74. The van der Waals surface area contributed by atoms with Crippen molar-refractivity contribution >= 4 is 17.0 Å². The molecule has 2 nitrogen and oxygen atoms in total. The van der Waals surface area contributed by atoms with Crippen molar-refractivity contribution in [3.63, 3.8) is 0 Å². The zero-order valence-corrected chi connectivity index (χ0v) is 10.5. The third-order valence-electron chi connectivity index (χ3n) is 2.55. The van der Waals surface area contributed by atoms with Crippen LogP contribution < -0.4 is 5.32 Å². The average molecular weight is 272 g/mol. The van der Waals surface area contributed by atoms with Gasteiger partial charge in [0.25, 0.3) is 0 Å². The van der Waals surface area contributed by atoms with Crippen LogP contribution in [0.25, 0.3) is 0 Å². The van der Waals surface area contributed by atoms with Gasteiger partial charge in [0.05, 0.1) is 16.9 Å². The first-order valence-electron chi connectivity index (χ1n) is 5.36. The van der Waals surface area contributed by atoms with Crippen molar-refractivity contribution in [2.75, 3.05) is 11.9 Å². The molecular weight excluding hydrogens is 261 g/mol. The molecule has 2 rings (SSSR count). The number of nitrogens with zero attached hydrogens (tertiary/aromatic N) is 1. The number of hydrogen-bond donors (Lipinski definition) is 1. The molecule has 6 heteroatoms. The van der Waals surface area contributed by atoms with Crippen molar-refractivity contribution in [3.8, 4) is 0 Å². The summed E-state index contributed by atoms with van der Waals surface area (Å²) >= 11 is 1.52. The predicted octanol–water partition coefficient (Wildman–Crippen LogP) is 3.52. The number of aromatic nitrogens is 1. The Morgan fingerprint density at radius 2 is 2.00 bits per heavy atom. The van der Waals surface area contributed by atoms with E-state index in [1.54, 1.807) is 5.51 Å². The summed E-state index contributed by atoms with van der Waals surface area (Å²) < 4.78 is 39.0. The van der Waals surface area contributed by atoms with Gasteiger partial charge in [-0.2, -0.15) is 0 Å². The first-order valence-corrected chi connectivity index (χ1v) is 6.24. The highest BCUT2D eigenvalue weighted by atomic mass is 32.1. The SMILES string of the molecule is Cc1ncsc1CCNc1ccc(F)c(F)c1F. The molecule has 0 fully saturated rings. The number of aryl methyl sites for hydroxylation is 1. The molecule has 0 saturated carbocycles. The topological polar surface area (TPSA) is 24.9 Å². The molecule has 0 amide bonds. The maximum absolute atomic E-state index is 13.3. The molecule has 2 aromatic rings. The second-order valence-corrected chi connectivity index (χ2v) is 4.70. The minimum absolute atomic E-state index is 0.0314. The third-order valence-corrected chi connectivity index (χ3v) is 3.54. The van der Waals surface area contributed by atoms with Gasteiger partial charge in [-0.25, -0.2) is 18.2 Å². The number of anilines is 1. The van der Waals surface area contributed by atoms with Gasteiger partial charge in [-0.05, 0) is 19.1 Å². The molecule has 96 valence electrons. The number of halogens is 3. The summed E-state index contributed by atoms with van der Waals surface area (Å²) in [7, 11) is 0. The maximum atomic E-state index is 13.3. The largest absolute Gasteiger partial charge is 0.382 e. The van der Waals surface area contributed by atoms with Crippen LogP contribution in [0.2, 0.25) is 0 Å². The van der Waals surface area contributed by atoms with Crippen LogP contribution in [0.15, 0.2) is 17.6 Å². The lowest BCUT2D eigenvalue weighted by Crippen LogP contribution is -2.07. The number of benzene rings is 1. The molecule has 18 heavy (non-hydrogen) atoms. The van der Waals surface area contributed by atoms with Crippen LogP contribution in [0, 0.1) is 24.4 Å². The summed E-state index contributed by atoms with van der Waals surface area (Å²) in [6.45, 7) is 2.33. The molecule has 0 aliphatic rings. The fourth-order valence-corrected chi connectivity index (χ4v) is 2.32. The summed E-state index contributed by atoms with van der Waals surface area (Å²) in [6, 6.07) is 2.09. The first-order chi connectivity index (χ1) is 8.59. The van der Waals surface area contributed by atoms with E-state index >= 15 is 0 Å². The summed E-state index contributed by atoms with van der Waals surface area (Å²) in [4.78, 5) is 5.18. The molecule has 1 aromatic heterocycles. The van der Waals surface area contributed by atoms with E-state index < -0.39 is 17.5 Å². The van der Waals surface area contributed by atoms with Crippen LogP contribution in [-0.2, 0) is 6.42 Å². The standard InChI is InChI=1S/C12H11F3N2S/c1-7-10(18-6-17-7)4-5-16-9-3-2-8(13)11(14)12(9)15/h2-3,6,16H,4-5H2,1H3. The van der Waals surface area contributed by atoms with Gasteiger partial charge in [-0.1, -0.05) is 0 Å². The van der Waals surface area contributed by atoms with E-state index in [0.717, 1.165) is 16.6 Å². The Morgan fingerprint density at radius 3 is 2.67 bits per heavy atom. The summed E-state index contributed by atoms with van der Waals surface area (Å²) in [6.07, 6.45) is 0.662. The maximum Gasteiger partial charge on any atom is 0.196 e. The number of hydrogen-bond acceptors (Lipinski definition) is 3. The van der Waals surface area contributed by atoms with Crippen molar-refractivity contribution in [2.45, 2.75) is 13.3 Å². The fourth-order valence-electron chi connectivity index (χ4n) is 1.54. The molecule has 1 heterocycles. The van der Waals surface area contributed by atoms with Crippen molar-refractivity contribution < 1.29 is 13.2 Å². The monoisotopic (exact) mass is 272 g/mol. The van der Waals surface area contributed by atoms with E-state index in [1.807, 2.05) is 6.92 Å². The minimum Gasteiger partial charge on any atom is -0.382 e. The molecule has 0 atom stereocenters. The Bertz CT molecular complexity index is 554. The lowest BCUT2D eigenvalue weighted by atomic mass is 10.2. The summed E-state index contributed by atoms with van der Waals surface area (Å²) in [5.74, 6) is -3.82. The van der Waals surface area contributed by atoms with Crippen LogP contribution in [-0.4, -0.2) is 11.5 Å². The van der Waals surface area contributed by atoms with Gasteiger partial charge in [0.2, 0.25) is 0 Å². The molecule has 0 spiro atoms. The van der Waals surface area contributed by atoms with Crippen molar-refractivity contribution in [2.24, 2.45) is 0 Å². The molecule has 1 N–H and O–H groups in total. The highest BCUT2D eigenvalue weighted by Crippen LogP contribution is 2.20. The van der Waals surface area contributed by atoms with E-state index in [0.29, 0.717) is 13.0 Å². The Morgan fingerprint density at radius 1 is 1.22 bits per heavy atom. The Balaban J connectivity index is 1.99. The molecule has 0 aliphatic heterocycles. The van der Waals surface area contributed by atoms with Crippen LogP contribution in [0.3, 0.4) is 0 Å². The lowest BCUT2D eigenvalue weighted by Gasteiger charge is -2.07. The van der Waals surface area contributed by atoms with Crippen molar-refractivity contribution in [3.05, 3.63) is 45.7 Å². The van der Waals surface area contributed by atoms with Gasteiger partial charge in [0.15, 0.2) is 17.5 Å². The van der Waals surface area contributed by atoms with Gasteiger partial charge in [0.1, 0.15) is 0 Å². The fraction of sp³-hybridized carbons (Fsp3) is 0.250. The van der Waals surface area contributed by atoms with Crippen LogP contribution in [0.1, 0.15) is 10.6 Å². The quantitative estimate of drug-likeness (QED) is 0.861. The Kier molecular flexibility index (Phi) is 3.86. The number of nitrogens with one attached hydrogen (secondary N) is 1. The second-order valence-electron chi connectivity index (χ2n) is 3.76. The molecule has 0 radical (unpaired) electrons. The van der Waals surface area contributed by atoms with E-state index in [1.165, 1.54) is 17.4 Å². The van der Waals surface area contributed by atoms with Gasteiger partial charge in [0, 0.05) is 17.8 Å². The van der Waals surface area contributed by atoms with Gasteiger partial charge in [-0.3, -0.25) is 0 Å². The number of thiazole rings is 1. The Labute approximate surface area is 106 Å². The second kappa shape index (κ2) is 5.39. The van der Waals surface area contributed by atoms with Gasteiger partial charge < -0.3 is 5.32 Å². The van der Waals surface area contributed by atoms with Gasteiger partial charge in [-0.15, -0.1) is 11.3 Å². The highest BCUT2D eigenvalue weighted by molar-refractivity contribution is 7.09. The normalized spacial score (nSPS) is 10.7.